The molecule has 0 heterocycles. The zero-order valence-corrected chi connectivity index (χ0v) is 10.4. The number of hydrogen-bond acceptors (Lipinski definition) is 8. The molecule has 0 aliphatic carbocycles. The number of aliphatic imine (C=N–C) groups is 2. The topological polar surface area (TPSA) is 69.5 Å². The van der Waals surface area contributed by atoms with E-state index in [-0.39, 0.29) is 20.1 Å². The number of isothiocyanates is 2. The number of hydrogen-bond donors (Lipinski definition) is 0. The van der Waals surface area contributed by atoms with Crippen molar-refractivity contribution in [2.75, 3.05) is 20.1 Å². The Labute approximate surface area is 98.0 Å². The van der Waals surface area contributed by atoms with Gasteiger partial charge in [0.15, 0.2) is 13.5 Å². The minimum atomic E-state index is -3.64. The van der Waals surface area contributed by atoms with Crippen LogP contribution in [0.2, 0.25) is 0 Å². The van der Waals surface area contributed by atoms with Gasteiger partial charge in [0, 0.05) is 0 Å². The van der Waals surface area contributed by atoms with E-state index in [4.69, 9.17) is 13.6 Å². The minimum absolute atomic E-state index is 0.167. The molecule has 0 saturated carbocycles. The number of rotatable bonds is 8. The lowest BCUT2D eigenvalue weighted by Gasteiger charge is -2.13. The number of nitrogens with zero attached hydrogens (tertiary/aromatic N) is 2. The molecule has 0 radical (unpaired) electrons. The first-order valence-electron chi connectivity index (χ1n) is 3.79. The largest absolute Gasteiger partial charge is 0.478 e. The normalized spacial score (nSPS) is 13.4. The summed E-state index contributed by atoms with van der Waals surface area (Å²) in [6.07, 6.45) is 0. The molecule has 0 saturated heterocycles. The molecule has 0 N–H and O–H groups in total. The Morgan fingerprint density at radius 3 is 1.93 bits per heavy atom. The van der Waals surface area contributed by atoms with Crippen molar-refractivity contribution in [2.45, 2.75) is 6.92 Å². The zero-order valence-electron chi connectivity index (χ0n) is 7.91. The van der Waals surface area contributed by atoms with E-state index in [1.54, 1.807) is 6.92 Å². The van der Waals surface area contributed by atoms with Crippen LogP contribution in [-0.4, -0.2) is 30.4 Å². The second-order valence-corrected chi connectivity index (χ2v) is 3.91. The molecule has 0 atom stereocenters. The highest BCUT2D eigenvalue weighted by molar-refractivity contribution is 7.78. The third-order valence-corrected chi connectivity index (χ3v) is 2.67. The summed E-state index contributed by atoms with van der Waals surface area (Å²) in [5.41, 5.74) is 0. The third-order valence-electron chi connectivity index (χ3n) is 0.977. The van der Waals surface area contributed by atoms with Gasteiger partial charge < -0.3 is 0 Å². The molecule has 15 heavy (non-hydrogen) atoms. The van der Waals surface area contributed by atoms with E-state index in [2.05, 4.69) is 34.4 Å². The molecule has 0 rings (SSSR count). The lowest BCUT2D eigenvalue weighted by molar-refractivity contribution is 0.123. The summed E-state index contributed by atoms with van der Waals surface area (Å²) in [5.74, 6) is 0. The fourth-order valence-corrected chi connectivity index (χ4v) is 1.57. The highest BCUT2D eigenvalue weighted by Crippen LogP contribution is 2.49. The maximum atomic E-state index is 11.7. The molecular formula is C6H9N2O4PS2. The third kappa shape index (κ3) is 7.62. The molecule has 0 spiro atoms. The highest BCUT2D eigenvalue weighted by atomic mass is 32.1. The quantitative estimate of drug-likeness (QED) is 0.382. The SMILES string of the molecule is CCOP(=O)(OCN=C=S)OCN=C=S. The zero-order chi connectivity index (χ0) is 11.6. The summed E-state index contributed by atoms with van der Waals surface area (Å²) in [6.45, 7) is 1.31. The van der Waals surface area contributed by atoms with Crippen LogP contribution in [0, 0.1) is 0 Å². The Balaban J connectivity index is 4.23. The first kappa shape index (κ1) is 14.7. The Hall–Kier alpha value is -0.290. The van der Waals surface area contributed by atoms with Crippen molar-refractivity contribution in [1.29, 1.82) is 0 Å². The van der Waals surface area contributed by atoms with E-state index in [0.29, 0.717) is 0 Å². The second kappa shape index (κ2) is 8.97. The van der Waals surface area contributed by atoms with Gasteiger partial charge in [0.2, 0.25) is 0 Å². The van der Waals surface area contributed by atoms with Crippen LogP contribution < -0.4 is 0 Å². The van der Waals surface area contributed by atoms with E-state index in [9.17, 15) is 4.57 Å². The van der Waals surface area contributed by atoms with Crippen LogP contribution in [-0.2, 0) is 18.1 Å². The van der Waals surface area contributed by atoms with Gasteiger partial charge in [-0.25, -0.2) is 14.5 Å². The molecule has 0 fully saturated rings. The fraction of sp³-hybridized carbons (Fsp3) is 0.667. The summed E-state index contributed by atoms with van der Waals surface area (Å²) in [7, 11) is -3.64. The van der Waals surface area contributed by atoms with E-state index < -0.39 is 7.82 Å². The Bertz CT molecular complexity index is 299. The smallest absolute Gasteiger partial charge is 0.287 e. The maximum absolute atomic E-state index is 11.7. The maximum Gasteiger partial charge on any atom is 0.478 e. The molecule has 0 aliphatic rings. The summed E-state index contributed by atoms with van der Waals surface area (Å²) in [6, 6.07) is 0. The Morgan fingerprint density at radius 2 is 1.60 bits per heavy atom. The van der Waals surface area contributed by atoms with Gasteiger partial charge in [-0.1, -0.05) is 0 Å². The molecular weight excluding hydrogens is 259 g/mol. The van der Waals surface area contributed by atoms with Gasteiger partial charge in [0.05, 0.1) is 16.9 Å². The van der Waals surface area contributed by atoms with Gasteiger partial charge in [0.1, 0.15) is 0 Å². The molecule has 0 aromatic carbocycles. The first-order chi connectivity index (χ1) is 7.18. The van der Waals surface area contributed by atoms with Gasteiger partial charge in [-0.3, -0.25) is 13.6 Å². The lowest BCUT2D eigenvalue weighted by atomic mass is 10.9. The predicted octanol–water partition coefficient (Wildman–Crippen LogP) is 2.28. The molecule has 0 amide bonds. The van der Waals surface area contributed by atoms with Crippen LogP contribution in [0.25, 0.3) is 0 Å². The van der Waals surface area contributed by atoms with Crippen molar-refractivity contribution >= 4 is 42.6 Å². The molecule has 84 valence electrons. The van der Waals surface area contributed by atoms with Crippen molar-refractivity contribution in [1.82, 2.24) is 0 Å². The highest BCUT2D eigenvalue weighted by Gasteiger charge is 2.25. The minimum Gasteiger partial charge on any atom is -0.287 e. The van der Waals surface area contributed by atoms with Crippen LogP contribution >= 0.6 is 32.3 Å². The van der Waals surface area contributed by atoms with Crippen LogP contribution in [0.4, 0.5) is 0 Å². The monoisotopic (exact) mass is 268 g/mol. The van der Waals surface area contributed by atoms with Crippen molar-refractivity contribution in [3.8, 4) is 0 Å². The van der Waals surface area contributed by atoms with E-state index in [0.717, 1.165) is 0 Å². The number of thiocarbonyl (C=S) groups is 2. The van der Waals surface area contributed by atoms with Gasteiger partial charge in [-0.15, -0.1) is 0 Å². The molecule has 0 aliphatic heterocycles. The van der Waals surface area contributed by atoms with Crippen LogP contribution in [0.15, 0.2) is 9.98 Å². The van der Waals surface area contributed by atoms with Gasteiger partial charge in [-0.2, -0.15) is 0 Å². The predicted molar refractivity (Wildman–Crippen MR) is 61.2 cm³/mol. The summed E-state index contributed by atoms with van der Waals surface area (Å²) in [4.78, 5) is 6.82. The van der Waals surface area contributed by atoms with Crippen molar-refractivity contribution in [2.24, 2.45) is 9.98 Å². The van der Waals surface area contributed by atoms with Crippen molar-refractivity contribution in [3.05, 3.63) is 0 Å². The van der Waals surface area contributed by atoms with E-state index in [1.165, 1.54) is 0 Å². The first-order valence-corrected chi connectivity index (χ1v) is 6.07. The van der Waals surface area contributed by atoms with Gasteiger partial charge in [-0.05, 0) is 31.4 Å². The molecule has 0 aromatic rings. The average molecular weight is 268 g/mol. The lowest BCUT2D eigenvalue weighted by Crippen LogP contribution is -2.00. The fourth-order valence-electron chi connectivity index (χ4n) is 0.522. The van der Waals surface area contributed by atoms with Crippen molar-refractivity contribution < 1.29 is 18.1 Å². The molecule has 6 nitrogen and oxygen atoms in total. The number of phosphoric ester groups is 1. The second-order valence-electron chi connectivity index (χ2n) is 1.88. The van der Waals surface area contributed by atoms with Crippen LogP contribution in [0.1, 0.15) is 6.92 Å². The summed E-state index contributed by atoms with van der Waals surface area (Å²) >= 11 is 8.60. The molecule has 9 heteroatoms. The van der Waals surface area contributed by atoms with Gasteiger partial charge >= 0.3 is 7.82 Å². The van der Waals surface area contributed by atoms with Crippen LogP contribution in [0.3, 0.4) is 0 Å². The van der Waals surface area contributed by atoms with Crippen LogP contribution in [0.5, 0.6) is 0 Å². The number of phosphoric acid groups is 1. The standard InChI is InChI=1S/C6H9N2O4PS2/c1-2-10-13(9,11-3-7-5-14)12-4-8-6-15/h2-4H2,1H3. The van der Waals surface area contributed by atoms with E-state index >= 15 is 0 Å². The van der Waals surface area contributed by atoms with Crippen molar-refractivity contribution in [3.63, 3.8) is 0 Å². The Morgan fingerprint density at radius 1 is 1.13 bits per heavy atom. The van der Waals surface area contributed by atoms with E-state index in [1.807, 2.05) is 10.3 Å². The molecule has 0 unspecified atom stereocenters. The van der Waals surface area contributed by atoms with Gasteiger partial charge in [0.25, 0.3) is 0 Å². The summed E-state index contributed by atoms with van der Waals surface area (Å²) < 4.78 is 25.9. The summed E-state index contributed by atoms with van der Waals surface area (Å²) in [5, 5.41) is 4.10. The molecule has 0 aromatic heterocycles. The average Bonchev–Trinajstić information content (AvgIpc) is 2.19. The molecule has 0 bridgehead atoms. The Kier molecular flexibility index (Phi) is 8.80.